The fraction of sp³-hybridized carbons (Fsp3) is 0.609. The predicted octanol–water partition coefficient (Wildman–Crippen LogP) is 2.73. The van der Waals surface area contributed by atoms with Crippen molar-refractivity contribution in [2.45, 2.75) is 51.3 Å². The van der Waals surface area contributed by atoms with Gasteiger partial charge in [0.15, 0.2) is 0 Å². The highest BCUT2D eigenvalue weighted by atomic mass is 19.1. The molecule has 0 bridgehead atoms. The first-order chi connectivity index (χ1) is 15.2. The van der Waals surface area contributed by atoms with Crippen LogP contribution >= 0.6 is 0 Å². The number of hydrogen-bond acceptors (Lipinski definition) is 5. The highest BCUT2D eigenvalue weighted by Gasteiger charge is 2.27. The Morgan fingerprint density at radius 2 is 2.03 bits per heavy atom. The number of carbonyl (C=O) groups is 1. The fourth-order valence-corrected chi connectivity index (χ4v) is 4.54. The van der Waals surface area contributed by atoms with E-state index in [1.807, 2.05) is 17.0 Å². The average Bonchev–Trinajstić information content (AvgIpc) is 3.49. The van der Waals surface area contributed by atoms with E-state index >= 15 is 0 Å². The van der Waals surface area contributed by atoms with Crippen molar-refractivity contribution in [1.82, 2.24) is 24.6 Å². The smallest absolute Gasteiger partial charge is 0.224 e. The molecule has 7 nitrogen and oxygen atoms in total. The first-order valence-corrected chi connectivity index (χ1v) is 11.3. The zero-order valence-electron chi connectivity index (χ0n) is 18.0. The van der Waals surface area contributed by atoms with Gasteiger partial charge in [0.05, 0.1) is 12.6 Å². The molecule has 0 radical (unpaired) electrons. The van der Waals surface area contributed by atoms with Crippen LogP contribution in [0.15, 0.2) is 36.9 Å². The normalized spacial score (nSPS) is 20.2. The summed E-state index contributed by atoms with van der Waals surface area (Å²) in [7, 11) is 0. The molecule has 0 saturated carbocycles. The number of likely N-dealkylation sites (tertiary alicyclic amines) is 1. The molecule has 2 aliphatic rings. The van der Waals surface area contributed by atoms with Gasteiger partial charge in [0.25, 0.3) is 0 Å². The molecule has 2 saturated heterocycles. The lowest BCUT2D eigenvalue weighted by Crippen LogP contribution is -2.43. The van der Waals surface area contributed by atoms with Gasteiger partial charge < -0.3 is 9.64 Å². The standard InChI is InChI=1S/C23H32FN5O2/c24-22-6-2-1-4-20(22)15-27-10-7-19(8-11-27)14-28(16-21-5-3-13-31-21)23(30)9-12-29-18-25-17-26-29/h1-2,4,6,17-19,21H,3,5,7-16H2/t21-/m0/s1. The highest BCUT2D eigenvalue weighted by molar-refractivity contribution is 5.76. The maximum absolute atomic E-state index is 14.0. The zero-order valence-corrected chi connectivity index (χ0v) is 18.0. The van der Waals surface area contributed by atoms with Gasteiger partial charge in [-0.25, -0.2) is 9.37 Å². The molecule has 1 aromatic heterocycles. The fourth-order valence-electron chi connectivity index (χ4n) is 4.54. The lowest BCUT2D eigenvalue weighted by atomic mass is 9.95. The third kappa shape index (κ3) is 6.33. The van der Waals surface area contributed by atoms with E-state index < -0.39 is 0 Å². The Labute approximate surface area is 183 Å². The van der Waals surface area contributed by atoms with E-state index in [4.69, 9.17) is 4.74 Å². The maximum atomic E-state index is 14.0. The van der Waals surface area contributed by atoms with Crippen molar-refractivity contribution in [2.24, 2.45) is 5.92 Å². The van der Waals surface area contributed by atoms with Crippen LogP contribution in [0, 0.1) is 11.7 Å². The number of halogens is 1. The molecule has 1 aromatic carbocycles. The number of benzene rings is 1. The van der Waals surface area contributed by atoms with Gasteiger partial charge in [-0.2, -0.15) is 5.10 Å². The van der Waals surface area contributed by atoms with Crippen LogP contribution in [0.5, 0.6) is 0 Å². The van der Waals surface area contributed by atoms with E-state index in [1.165, 1.54) is 12.4 Å². The third-order valence-corrected chi connectivity index (χ3v) is 6.36. The summed E-state index contributed by atoms with van der Waals surface area (Å²) in [5, 5.41) is 4.09. The monoisotopic (exact) mass is 429 g/mol. The Balaban J connectivity index is 1.29. The number of aryl methyl sites for hydroxylation is 1. The van der Waals surface area contributed by atoms with Crippen molar-refractivity contribution in [3.63, 3.8) is 0 Å². The van der Waals surface area contributed by atoms with Crippen LogP contribution in [0.1, 0.15) is 37.7 Å². The first-order valence-electron chi connectivity index (χ1n) is 11.3. The van der Waals surface area contributed by atoms with Gasteiger partial charge in [-0.3, -0.25) is 14.4 Å². The highest BCUT2D eigenvalue weighted by Crippen LogP contribution is 2.23. The van der Waals surface area contributed by atoms with Crippen molar-refractivity contribution >= 4 is 5.91 Å². The molecule has 2 aliphatic heterocycles. The average molecular weight is 430 g/mol. The predicted molar refractivity (Wildman–Crippen MR) is 115 cm³/mol. The Bertz CT molecular complexity index is 817. The number of piperidine rings is 1. The number of ether oxygens (including phenoxy) is 1. The third-order valence-electron chi connectivity index (χ3n) is 6.36. The minimum atomic E-state index is -0.134. The number of aromatic nitrogens is 3. The van der Waals surface area contributed by atoms with Crippen LogP contribution in [-0.2, 0) is 22.6 Å². The summed E-state index contributed by atoms with van der Waals surface area (Å²) in [6.07, 6.45) is 7.83. The van der Waals surface area contributed by atoms with Crippen molar-refractivity contribution in [1.29, 1.82) is 0 Å². The van der Waals surface area contributed by atoms with Crippen molar-refractivity contribution in [2.75, 3.05) is 32.8 Å². The SMILES string of the molecule is O=C(CCn1cncn1)N(CC1CCN(Cc2ccccc2F)CC1)C[C@@H]1CCCO1. The van der Waals surface area contributed by atoms with Gasteiger partial charge in [0.1, 0.15) is 18.5 Å². The first kappa shape index (κ1) is 21.9. The topological polar surface area (TPSA) is 63.5 Å². The summed E-state index contributed by atoms with van der Waals surface area (Å²) >= 11 is 0. The van der Waals surface area contributed by atoms with E-state index in [9.17, 15) is 9.18 Å². The Kier molecular flexibility index (Phi) is 7.64. The minimum absolute atomic E-state index is 0.134. The molecule has 31 heavy (non-hydrogen) atoms. The molecule has 8 heteroatoms. The van der Waals surface area contributed by atoms with E-state index in [0.29, 0.717) is 32.0 Å². The van der Waals surface area contributed by atoms with Crippen molar-refractivity contribution in [3.8, 4) is 0 Å². The quantitative estimate of drug-likeness (QED) is 0.613. The molecule has 0 unspecified atom stereocenters. The largest absolute Gasteiger partial charge is 0.376 e. The van der Waals surface area contributed by atoms with Gasteiger partial charge >= 0.3 is 0 Å². The van der Waals surface area contributed by atoms with Gasteiger partial charge in [0, 0.05) is 38.2 Å². The molecule has 0 N–H and O–H groups in total. The molecule has 2 fully saturated rings. The summed E-state index contributed by atoms with van der Waals surface area (Å²) in [5.74, 6) is 0.485. The molecular formula is C23H32FN5O2. The molecule has 0 aliphatic carbocycles. The summed E-state index contributed by atoms with van der Waals surface area (Å²) in [5.41, 5.74) is 0.754. The second-order valence-electron chi connectivity index (χ2n) is 8.65. The summed E-state index contributed by atoms with van der Waals surface area (Å²) in [4.78, 5) is 21.3. The second kappa shape index (κ2) is 10.8. The number of nitrogens with zero attached hydrogens (tertiary/aromatic N) is 5. The van der Waals surface area contributed by atoms with Gasteiger partial charge in [0.2, 0.25) is 5.91 Å². The second-order valence-corrected chi connectivity index (χ2v) is 8.65. The van der Waals surface area contributed by atoms with E-state index in [2.05, 4.69) is 15.0 Å². The number of hydrogen-bond donors (Lipinski definition) is 0. The van der Waals surface area contributed by atoms with Gasteiger partial charge in [-0.05, 0) is 50.8 Å². The van der Waals surface area contributed by atoms with Gasteiger partial charge in [-0.15, -0.1) is 0 Å². The Morgan fingerprint density at radius 1 is 1.19 bits per heavy atom. The van der Waals surface area contributed by atoms with E-state index in [0.717, 1.165) is 57.5 Å². The minimum Gasteiger partial charge on any atom is -0.376 e. The Morgan fingerprint density at radius 3 is 2.74 bits per heavy atom. The van der Waals surface area contributed by atoms with E-state index in [1.54, 1.807) is 17.1 Å². The molecule has 1 atom stereocenters. The lowest BCUT2D eigenvalue weighted by Gasteiger charge is -2.35. The number of rotatable bonds is 9. The molecular weight excluding hydrogens is 397 g/mol. The van der Waals surface area contributed by atoms with Gasteiger partial charge in [-0.1, -0.05) is 18.2 Å². The van der Waals surface area contributed by atoms with Crippen LogP contribution in [0.3, 0.4) is 0 Å². The van der Waals surface area contributed by atoms with Crippen LogP contribution in [0.4, 0.5) is 4.39 Å². The number of carbonyl (C=O) groups excluding carboxylic acids is 1. The molecule has 0 spiro atoms. The van der Waals surface area contributed by atoms with E-state index in [-0.39, 0.29) is 17.8 Å². The van der Waals surface area contributed by atoms with Crippen LogP contribution in [0.25, 0.3) is 0 Å². The number of amides is 1. The van der Waals surface area contributed by atoms with Crippen molar-refractivity contribution in [3.05, 3.63) is 48.3 Å². The molecule has 168 valence electrons. The van der Waals surface area contributed by atoms with Crippen LogP contribution in [-0.4, -0.2) is 69.4 Å². The molecule has 1 amide bonds. The van der Waals surface area contributed by atoms with Crippen molar-refractivity contribution < 1.29 is 13.9 Å². The maximum Gasteiger partial charge on any atom is 0.224 e. The Hall–Kier alpha value is -2.32. The summed E-state index contributed by atoms with van der Waals surface area (Å²) in [6.45, 7) is 5.28. The molecule has 2 aromatic rings. The van der Waals surface area contributed by atoms with Crippen LogP contribution in [0.2, 0.25) is 0 Å². The summed E-state index contributed by atoms with van der Waals surface area (Å²) < 4.78 is 21.5. The molecule has 4 rings (SSSR count). The van der Waals surface area contributed by atoms with Crippen LogP contribution < -0.4 is 0 Å². The summed E-state index contributed by atoms with van der Waals surface area (Å²) in [6, 6.07) is 7.00. The molecule has 3 heterocycles. The lowest BCUT2D eigenvalue weighted by molar-refractivity contribution is -0.134. The zero-order chi connectivity index (χ0) is 21.5.